The van der Waals surface area contributed by atoms with Crippen molar-refractivity contribution in [2.75, 3.05) is 0 Å². The molecule has 0 rings (SSSR count). The predicted octanol–water partition coefficient (Wildman–Crippen LogP) is 5.77. The molecule has 0 aromatic heterocycles. The summed E-state index contributed by atoms with van der Waals surface area (Å²) in [5.41, 5.74) is 0. The Balaban J connectivity index is 3.41. The van der Waals surface area contributed by atoms with Gasteiger partial charge in [0.15, 0.2) is 0 Å². The number of carboxylic acids is 1. The first-order valence-electron chi connectivity index (χ1n) is 8.41. The predicted molar refractivity (Wildman–Crippen MR) is 88.6 cm³/mol. The second-order valence-electron chi connectivity index (χ2n) is 5.56. The number of aliphatic hydroxyl groups is 1. The maximum Gasteiger partial charge on any atom is 0.303 e. The van der Waals surface area contributed by atoms with Crippen LogP contribution in [-0.2, 0) is 4.79 Å². The zero-order chi connectivity index (χ0) is 15.8. The van der Waals surface area contributed by atoms with Gasteiger partial charge in [-0.2, -0.15) is 0 Å². The lowest BCUT2D eigenvalue weighted by Crippen LogP contribution is -1.93. The molecule has 2 N–H and O–H groups in total. The van der Waals surface area contributed by atoms with Crippen LogP contribution in [0.4, 0.5) is 0 Å². The van der Waals surface area contributed by atoms with E-state index in [1.807, 2.05) is 6.08 Å². The van der Waals surface area contributed by atoms with Gasteiger partial charge >= 0.3 is 5.97 Å². The minimum atomic E-state index is -0.710. The minimum Gasteiger partial charge on any atom is -0.513 e. The van der Waals surface area contributed by atoms with Crippen molar-refractivity contribution in [1.82, 2.24) is 0 Å². The summed E-state index contributed by atoms with van der Waals surface area (Å²) in [5.74, 6) is -0.225. The average Bonchev–Trinajstić information content (AvgIpc) is 2.45. The standard InChI is InChI=1S/C18H32O3/c1-2-3-4-5-6-8-11-14-17(19)15-12-9-7-10-13-16-18(20)21/h6,8,14,19H,2-5,7,9-13,15-16H2,1H3,(H,20,21)/b8-6-,17-14+. The average molecular weight is 296 g/mol. The van der Waals surface area contributed by atoms with Crippen molar-refractivity contribution in [2.24, 2.45) is 0 Å². The quantitative estimate of drug-likeness (QED) is 0.243. The summed E-state index contributed by atoms with van der Waals surface area (Å²) < 4.78 is 0. The third kappa shape index (κ3) is 16.7. The van der Waals surface area contributed by atoms with E-state index in [1.165, 1.54) is 19.3 Å². The van der Waals surface area contributed by atoms with E-state index in [0.29, 0.717) is 5.76 Å². The molecule has 0 aromatic carbocycles. The van der Waals surface area contributed by atoms with Gasteiger partial charge in [0.25, 0.3) is 0 Å². The van der Waals surface area contributed by atoms with E-state index in [1.54, 1.807) is 0 Å². The molecule has 0 aliphatic heterocycles. The molecule has 0 radical (unpaired) electrons. The molecule has 0 aromatic rings. The summed E-state index contributed by atoms with van der Waals surface area (Å²) >= 11 is 0. The molecule has 0 bridgehead atoms. The molecule has 0 amide bonds. The molecule has 0 saturated carbocycles. The molecule has 0 heterocycles. The molecule has 3 nitrogen and oxygen atoms in total. The lowest BCUT2D eigenvalue weighted by Gasteiger charge is -2.01. The monoisotopic (exact) mass is 296 g/mol. The van der Waals surface area contributed by atoms with Crippen LogP contribution in [0, 0.1) is 0 Å². The second-order valence-corrected chi connectivity index (χ2v) is 5.56. The zero-order valence-electron chi connectivity index (χ0n) is 13.5. The van der Waals surface area contributed by atoms with Crippen molar-refractivity contribution >= 4 is 5.97 Å². The van der Waals surface area contributed by atoms with Gasteiger partial charge in [0.2, 0.25) is 0 Å². The van der Waals surface area contributed by atoms with Crippen LogP contribution in [0.15, 0.2) is 24.0 Å². The number of rotatable bonds is 14. The van der Waals surface area contributed by atoms with Gasteiger partial charge in [-0.25, -0.2) is 0 Å². The number of hydrogen-bond donors (Lipinski definition) is 2. The van der Waals surface area contributed by atoms with Crippen LogP contribution in [0.3, 0.4) is 0 Å². The number of aliphatic carboxylic acids is 1. The number of aliphatic hydroxyl groups excluding tert-OH is 1. The molecule has 0 atom stereocenters. The molecule has 122 valence electrons. The van der Waals surface area contributed by atoms with Crippen molar-refractivity contribution in [3.63, 3.8) is 0 Å². The van der Waals surface area contributed by atoms with Gasteiger partial charge < -0.3 is 10.2 Å². The van der Waals surface area contributed by atoms with E-state index >= 15 is 0 Å². The molecular formula is C18H32O3. The Kier molecular flexibility index (Phi) is 14.2. The number of hydrogen-bond acceptors (Lipinski definition) is 2. The number of unbranched alkanes of at least 4 members (excludes halogenated alkanes) is 7. The van der Waals surface area contributed by atoms with Crippen LogP contribution in [-0.4, -0.2) is 16.2 Å². The Morgan fingerprint density at radius 1 is 0.857 bits per heavy atom. The fourth-order valence-corrected chi connectivity index (χ4v) is 2.15. The molecule has 21 heavy (non-hydrogen) atoms. The Bertz CT molecular complexity index is 306. The largest absolute Gasteiger partial charge is 0.513 e. The number of carbonyl (C=O) groups is 1. The van der Waals surface area contributed by atoms with Gasteiger partial charge in [-0.1, -0.05) is 51.2 Å². The van der Waals surface area contributed by atoms with E-state index in [0.717, 1.165) is 51.4 Å². The first-order chi connectivity index (χ1) is 10.2. The summed E-state index contributed by atoms with van der Waals surface area (Å²) in [6.45, 7) is 2.21. The van der Waals surface area contributed by atoms with E-state index in [9.17, 15) is 9.90 Å². The number of allylic oxidation sites excluding steroid dienone is 4. The molecule has 0 fully saturated rings. The van der Waals surface area contributed by atoms with E-state index in [2.05, 4.69) is 19.1 Å². The number of carboxylic acid groups (broad SMARTS) is 1. The van der Waals surface area contributed by atoms with Gasteiger partial charge in [0.1, 0.15) is 0 Å². The minimum absolute atomic E-state index is 0.274. The molecule has 0 spiro atoms. The third-order valence-electron chi connectivity index (χ3n) is 3.45. The van der Waals surface area contributed by atoms with Gasteiger partial charge in [0, 0.05) is 12.8 Å². The van der Waals surface area contributed by atoms with Crippen LogP contribution in [0.25, 0.3) is 0 Å². The van der Waals surface area contributed by atoms with Crippen molar-refractivity contribution in [3.05, 3.63) is 24.0 Å². The summed E-state index contributed by atoms with van der Waals surface area (Å²) in [5, 5.41) is 18.2. The first kappa shape index (κ1) is 19.8. The Labute approximate surface area is 129 Å². The van der Waals surface area contributed by atoms with Crippen LogP contribution in [0.2, 0.25) is 0 Å². The molecule has 0 saturated heterocycles. The van der Waals surface area contributed by atoms with Crippen LogP contribution < -0.4 is 0 Å². The highest BCUT2D eigenvalue weighted by Crippen LogP contribution is 2.11. The topological polar surface area (TPSA) is 57.5 Å². The van der Waals surface area contributed by atoms with E-state index < -0.39 is 5.97 Å². The second kappa shape index (κ2) is 15.1. The molecule has 0 unspecified atom stereocenters. The summed E-state index contributed by atoms with van der Waals surface area (Å²) in [4.78, 5) is 10.3. The highest BCUT2D eigenvalue weighted by Gasteiger charge is 1.97. The first-order valence-corrected chi connectivity index (χ1v) is 8.41. The highest BCUT2D eigenvalue weighted by atomic mass is 16.4. The van der Waals surface area contributed by atoms with Crippen LogP contribution in [0.5, 0.6) is 0 Å². The highest BCUT2D eigenvalue weighted by molar-refractivity contribution is 5.66. The molecule has 3 heteroatoms. The lowest BCUT2D eigenvalue weighted by atomic mass is 10.1. The maximum absolute atomic E-state index is 10.3. The van der Waals surface area contributed by atoms with Gasteiger partial charge in [-0.3, -0.25) is 4.79 Å². The summed E-state index contributed by atoms with van der Waals surface area (Å²) in [7, 11) is 0. The van der Waals surface area contributed by atoms with Crippen LogP contribution >= 0.6 is 0 Å². The molecule has 0 aliphatic carbocycles. The Morgan fingerprint density at radius 3 is 2.19 bits per heavy atom. The van der Waals surface area contributed by atoms with Crippen LogP contribution in [0.1, 0.15) is 84.0 Å². The lowest BCUT2D eigenvalue weighted by molar-refractivity contribution is -0.137. The van der Waals surface area contributed by atoms with Crippen molar-refractivity contribution in [3.8, 4) is 0 Å². The fourth-order valence-electron chi connectivity index (χ4n) is 2.15. The fraction of sp³-hybridized carbons (Fsp3) is 0.722. The normalized spacial score (nSPS) is 12.1. The van der Waals surface area contributed by atoms with Gasteiger partial charge in [0.05, 0.1) is 5.76 Å². The van der Waals surface area contributed by atoms with Crippen molar-refractivity contribution < 1.29 is 15.0 Å². The van der Waals surface area contributed by atoms with Crippen molar-refractivity contribution in [1.29, 1.82) is 0 Å². The summed E-state index contributed by atoms with van der Waals surface area (Å²) in [6.07, 6.45) is 17.8. The SMILES string of the molecule is CCCCC/C=C\C/C=C(/O)CCCCCCCC(=O)O. The third-order valence-corrected chi connectivity index (χ3v) is 3.45. The van der Waals surface area contributed by atoms with Gasteiger partial charge in [-0.05, 0) is 38.2 Å². The van der Waals surface area contributed by atoms with E-state index in [4.69, 9.17) is 5.11 Å². The zero-order valence-corrected chi connectivity index (χ0v) is 13.5. The van der Waals surface area contributed by atoms with Gasteiger partial charge in [-0.15, -0.1) is 0 Å². The van der Waals surface area contributed by atoms with Crippen molar-refractivity contribution in [2.45, 2.75) is 84.0 Å². The summed E-state index contributed by atoms with van der Waals surface area (Å²) in [6, 6.07) is 0. The molecule has 0 aliphatic rings. The maximum atomic E-state index is 10.3. The Hall–Kier alpha value is -1.25. The van der Waals surface area contributed by atoms with E-state index in [-0.39, 0.29) is 6.42 Å². The Morgan fingerprint density at radius 2 is 1.52 bits per heavy atom. The molecular weight excluding hydrogens is 264 g/mol. The smallest absolute Gasteiger partial charge is 0.303 e.